The summed E-state index contributed by atoms with van der Waals surface area (Å²) in [6, 6.07) is 7.69. The summed E-state index contributed by atoms with van der Waals surface area (Å²) < 4.78 is 10.2. The van der Waals surface area contributed by atoms with Gasteiger partial charge in [0.05, 0.1) is 6.61 Å². The first-order valence-electron chi connectivity index (χ1n) is 4.71. The minimum absolute atomic E-state index is 0.307. The Labute approximate surface area is 91.6 Å². The summed E-state index contributed by atoms with van der Waals surface area (Å²) in [6.45, 7) is 0.762. The molecule has 15 heavy (non-hydrogen) atoms. The van der Waals surface area contributed by atoms with Crippen LogP contribution in [0.5, 0.6) is 5.75 Å². The number of aromatic nitrogens is 1. The van der Waals surface area contributed by atoms with Crippen LogP contribution < -0.4 is 4.74 Å². The Morgan fingerprint density at radius 2 is 2.20 bits per heavy atom. The van der Waals surface area contributed by atoms with Crippen molar-refractivity contribution < 1.29 is 9.26 Å². The highest BCUT2D eigenvalue weighted by Gasteiger charge is 2.13. The third-order valence-electron chi connectivity index (χ3n) is 2.47. The van der Waals surface area contributed by atoms with Crippen LogP contribution in [0, 0.1) is 0 Å². The summed E-state index contributed by atoms with van der Waals surface area (Å²) in [6.07, 6.45) is 0.953. The molecule has 0 saturated heterocycles. The Kier molecular flexibility index (Phi) is 1.92. The number of halogens is 1. The van der Waals surface area contributed by atoms with Gasteiger partial charge in [-0.15, -0.1) is 0 Å². The molecule has 2 aromatic rings. The molecule has 0 unspecified atom stereocenters. The van der Waals surface area contributed by atoms with Crippen molar-refractivity contribution in [1.29, 1.82) is 0 Å². The largest absolute Gasteiger partial charge is 0.493 e. The summed E-state index contributed by atoms with van der Waals surface area (Å²) >= 11 is 5.67. The van der Waals surface area contributed by atoms with E-state index in [4.69, 9.17) is 20.9 Å². The fraction of sp³-hybridized carbons (Fsp3) is 0.182. The zero-order chi connectivity index (χ0) is 10.3. The predicted octanol–water partition coefficient (Wildman–Crippen LogP) is 2.93. The highest BCUT2D eigenvalue weighted by Crippen LogP contribution is 2.30. The lowest BCUT2D eigenvalue weighted by Crippen LogP contribution is -1.85. The molecule has 0 amide bonds. The average Bonchev–Trinajstić information content (AvgIpc) is 2.84. The van der Waals surface area contributed by atoms with Gasteiger partial charge >= 0.3 is 0 Å². The molecule has 0 aliphatic carbocycles. The van der Waals surface area contributed by atoms with E-state index in [9.17, 15) is 0 Å². The summed E-state index contributed by atoms with van der Waals surface area (Å²) in [5, 5.41) is 4.17. The van der Waals surface area contributed by atoms with E-state index in [1.54, 1.807) is 6.07 Å². The number of ether oxygens (including phenoxy) is 1. The van der Waals surface area contributed by atoms with E-state index >= 15 is 0 Å². The number of rotatable bonds is 1. The van der Waals surface area contributed by atoms with Crippen molar-refractivity contribution in [3.05, 3.63) is 35.0 Å². The molecule has 0 atom stereocenters. The van der Waals surface area contributed by atoms with Gasteiger partial charge in [0.2, 0.25) is 5.22 Å². The van der Waals surface area contributed by atoms with E-state index in [1.165, 1.54) is 5.56 Å². The smallest absolute Gasteiger partial charge is 0.226 e. The van der Waals surface area contributed by atoms with Crippen molar-refractivity contribution in [1.82, 2.24) is 5.16 Å². The van der Waals surface area contributed by atoms with Crippen molar-refractivity contribution >= 4 is 11.6 Å². The number of hydrogen-bond donors (Lipinski definition) is 0. The van der Waals surface area contributed by atoms with Gasteiger partial charge in [0, 0.05) is 18.1 Å². The minimum atomic E-state index is 0.307. The third kappa shape index (κ3) is 1.49. The van der Waals surface area contributed by atoms with E-state index in [0.717, 1.165) is 30.0 Å². The SMILES string of the molecule is Clc1cc(-c2ccc3c(c2)CCO3)no1. The molecule has 1 aliphatic rings. The topological polar surface area (TPSA) is 35.3 Å². The maximum Gasteiger partial charge on any atom is 0.226 e. The monoisotopic (exact) mass is 221 g/mol. The summed E-state index contributed by atoms with van der Waals surface area (Å²) in [4.78, 5) is 0. The number of benzene rings is 1. The summed E-state index contributed by atoms with van der Waals surface area (Å²) in [7, 11) is 0. The van der Waals surface area contributed by atoms with Crippen LogP contribution in [0.2, 0.25) is 5.22 Å². The van der Waals surface area contributed by atoms with Gasteiger partial charge in [0.25, 0.3) is 0 Å². The van der Waals surface area contributed by atoms with Gasteiger partial charge in [0.15, 0.2) is 0 Å². The molecule has 0 radical (unpaired) electrons. The van der Waals surface area contributed by atoms with Gasteiger partial charge in [-0.25, -0.2) is 0 Å². The van der Waals surface area contributed by atoms with Crippen LogP contribution in [0.3, 0.4) is 0 Å². The van der Waals surface area contributed by atoms with E-state index < -0.39 is 0 Å². The minimum Gasteiger partial charge on any atom is -0.493 e. The van der Waals surface area contributed by atoms with Crippen molar-refractivity contribution in [2.45, 2.75) is 6.42 Å². The standard InChI is InChI=1S/C11H8ClNO2/c12-11-6-9(13-15-11)7-1-2-10-8(5-7)3-4-14-10/h1-2,5-6H,3-4H2. The molecule has 1 aromatic heterocycles. The molecule has 0 saturated carbocycles. The molecule has 4 heteroatoms. The Hall–Kier alpha value is -1.48. The zero-order valence-electron chi connectivity index (χ0n) is 7.87. The van der Waals surface area contributed by atoms with Crippen molar-refractivity contribution in [3.63, 3.8) is 0 Å². The Balaban J connectivity index is 2.06. The van der Waals surface area contributed by atoms with Crippen LogP contribution in [-0.2, 0) is 6.42 Å². The van der Waals surface area contributed by atoms with Crippen LogP contribution in [0.15, 0.2) is 28.8 Å². The van der Waals surface area contributed by atoms with Crippen LogP contribution in [0.1, 0.15) is 5.56 Å². The molecular formula is C11H8ClNO2. The maximum atomic E-state index is 5.67. The first kappa shape index (κ1) is 8.80. The lowest BCUT2D eigenvalue weighted by atomic mass is 10.1. The third-order valence-corrected chi connectivity index (χ3v) is 2.64. The van der Waals surface area contributed by atoms with Crippen molar-refractivity contribution in [2.24, 2.45) is 0 Å². The predicted molar refractivity (Wildman–Crippen MR) is 56.1 cm³/mol. The van der Waals surface area contributed by atoms with Crippen LogP contribution in [0.25, 0.3) is 11.3 Å². The summed E-state index contributed by atoms with van der Waals surface area (Å²) in [5.41, 5.74) is 2.98. The van der Waals surface area contributed by atoms with Crippen LogP contribution in [-0.4, -0.2) is 11.8 Å². The van der Waals surface area contributed by atoms with E-state index in [2.05, 4.69) is 11.2 Å². The van der Waals surface area contributed by atoms with Gasteiger partial charge in [-0.3, -0.25) is 0 Å². The molecule has 0 fully saturated rings. The van der Waals surface area contributed by atoms with E-state index in [0.29, 0.717) is 5.22 Å². The fourth-order valence-corrected chi connectivity index (χ4v) is 1.87. The average molecular weight is 222 g/mol. The highest BCUT2D eigenvalue weighted by atomic mass is 35.5. The second kappa shape index (κ2) is 3.28. The van der Waals surface area contributed by atoms with Gasteiger partial charge in [-0.2, -0.15) is 0 Å². The lowest BCUT2D eigenvalue weighted by Gasteiger charge is -2.00. The van der Waals surface area contributed by atoms with E-state index in [-0.39, 0.29) is 0 Å². The number of fused-ring (bicyclic) bond motifs is 1. The second-order valence-electron chi connectivity index (χ2n) is 3.44. The van der Waals surface area contributed by atoms with Gasteiger partial charge in [-0.05, 0) is 35.4 Å². The normalized spacial score (nSPS) is 13.7. The molecule has 0 bridgehead atoms. The molecule has 3 nitrogen and oxygen atoms in total. The first-order valence-corrected chi connectivity index (χ1v) is 5.09. The molecule has 1 aromatic carbocycles. The quantitative estimate of drug-likeness (QED) is 0.743. The fourth-order valence-electron chi connectivity index (χ4n) is 1.73. The van der Waals surface area contributed by atoms with E-state index in [1.807, 2.05) is 12.1 Å². The Morgan fingerprint density at radius 3 is 3.00 bits per heavy atom. The summed E-state index contributed by atoms with van der Waals surface area (Å²) in [5.74, 6) is 0.966. The van der Waals surface area contributed by atoms with Crippen molar-refractivity contribution in [3.8, 4) is 17.0 Å². The molecule has 2 heterocycles. The van der Waals surface area contributed by atoms with Gasteiger partial charge in [0.1, 0.15) is 11.4 Å². The molecule has 3 rings (SSSR count). The highest BCUT2D eigenvalue weighted by molar-refractivity contribution is 6.29. The zero-order valence-corrected chi connectivity index (χ0v) is 8.62. The molecule has 0 N–H and O–H groups in total. The lowest BCUT2D eigenvalue weighted by molar-refractivity contribution is 0.357. The second-order valence-corrected chi connectivity index (χ2v) is 3.81. The van der Waals surface area contributed by atoms with Crippen LogP contribution in [0.4, 0.5) is 0 Å². The molecule has 1 aliphatic heterocycles. The van der Waals surface area contributed by atoms with Crippen molar-refractivity contribution in [2.75, 3.05) is 6.61 Å². The van der Waals surface area contributed by atoms with Crippen LogP contribution >= 0.6 is 11.6 Å². The Morgan fingerprint density at radius 1 is 1.27 bits per heavy atom. The Bertz CT molecular complexity index is 507. The van der Waals surface area contributed by atoms with Gasteiger partial charge in [-0.1, -0.05) is 5.16 Å². The molecule has 76 valence electrons. The maximum absolute atomic E-state index is 5.67. The number of hydrogen-bond acceptors (Lipinski definition) is 3. The molecular weight excluding hydrogens is 214 g/mol. The number of nitrogens with zero attached hydrogens (tertiary/aromatic N) is 1. The van der Waals surface area contributed by atoms with Gasteiger partial charge < -0.3 is 9.26 Å². The molecule has 0 spiro atoms. The first-order chi connectivity index (χ1) is 7.33.